The van der Waals surface area contributed by atoms with Crippen molar-refractivity contribution in [2.24, 2.45) is 5.73 Å². The average Bonchev–Trinajstić information content (AvgIpc) is 2.52. The molecule has 0 spiro atoms. The van der Waals surface area contributed by atoms with Gasteiger partial charge in [0.25, 0.3) is 5.69 Å². The van der Waals surface area contributed by atoms with E-state index in [1.165, 1.54) is 12.1 Å². The molecule has 9 heteroatoms. The van der Waals surface area contributed by atoms with Crippen molar-refractivity contribution < 1.29 is 24.0 Å². The first-order chi connectivity index (χ1) is 11.0. The molecule has 9 nitrogen and oxygen atoms in total. The quantitative estimate of drug-likeness (QED) is 0.391. The zero-order chi connectivity index (χ0) is 17.2. The van der Waals surface area contributed by atoms with E-state index < -0.39 is 10.9 Å². The van der Waals surface area contributed by atoms with Gasteiger partial charge in [-0.05, 0) is 13.0 Å². The lowest BCUT2D eigenvalue weighted by molar-refractivity contribution is -0.384. The van der Waals surface area contributed by atoms with Crippen LogP contribution in [0.1, 0.15) is 23.7 Å². The number of hydrogen-bond donors (Lipinski definition) is 2. The lowest BCUT2D eigenvalue weighted by Gasteiger charge is -2.11. The number of carbonyl (C=O) groups excluding carboxylic acids is 2. The van der Waals surface area contributed by atoms with Gasteiger partial charge in [-0.15, -0.1) is 0 Å². The number of nitro benzene ring substituents is 1. The van der Waals surface area contributed by atoms with Crippen molar-refractivity contribution >= 4 is 23.3 Å². The van der Waals surface area contributed by atoms with Gasteiger partial charge in [-0.2, -0.15) is 0 Å². The summed E-state index contributed by atoms with van der Waals surface area (Å²) in [5.41, 5.74) is 5.37. The second kappa shape index (κ2) is 9.36. The molecule has 3 N–H and O–H groups in total. The third-order valence-corrected chi connectivity index (χ3v) is 2.73. The highest BCUT2D eigenvalue weighted by molar-refractivity contribution is 5.96. The Hall–Kier alpha value is -2.68. The monoisotopic (exact) mass is 325 g/mol. The summed E-state index contributed by atoms with van der Waals surface area (Å²) in [6.45, 7) is 2.35. The smallest absolute Gasteiger partial charge is 0.340 e. The summed E-state index contributed by atoms with van der Waals surface area (Å²) < 4.78 is 9.69. The molecule has 0 heterocycles. The van der Waals surface area contributed by atoms with E-state index >= 15 is 0 Å². The van der Waals surface area contributed by atoms with Crippen LogP contribution in [0.25, 0.3) is 0 Å². The second-order valence-corrected chi connectivity index (χ2v) is 4.39. The minimum absolute atomic E-state index is 0.00376. The molecule has 126 valence electrons. The number of nitrogens with one attached hydrogen (secondary N) is 1. The fourth-order valence-corrected chi connectivity index (χ4v) is 1.73. The van der Waals surface area contributed by atoms with Crippen LogP contribution < -0.4 is 11.1 Å². The molecule has 1 aromatic rings. The molecule has 0 bridgehead atoms. The molecule has 0 fully saturated rings. The van der Waals surface area contributed by atoms with Crippen molar-refractivity contribution in [3.8, 4) is 0 Å². The van der Waals surface area contributed by atoms with Gasteiger partial charge >= 0.3 is 11.9 Å². The Morgan fingerprint density at radius 3 is 2.70 bits per heavy atom. The number of nitrogens with two attached hydrogens (primary N) is 1. The Bertz CT molecular complexity index is 576. The largest absolute Gasteiger partial charge is 0.466 e. The van der Waals surface area contributed by atoms with Crippen LogP contribution in [0.2, 0.25) is 0 Å². The topological polar surface area (TPSA) is 134 Å². The molecule has 0 atom stereocenters. The van der Waals surface area contributed by atoms with Crippen molar-refractivity contribution in [1.82, 2.24) is 0 Å². The molecule has 0 unspecified atom stereocenters. The van der Waals surface area contributed by atoms with Crippen LogP contribution in [0.15, 0.2) is 18.2 Å². The Morgan fingerprint density at radius 1 is 1.35 bits per heavy atom. The number of anilines is 1. The highest BCUT2D eigenvalue weighted by atomic mass is 16.6. The summed E-state index contributed by atoms with van der Waals surface area (Å²) in [5, 5.41) is 13.7. The van der Waals surface area contributed by atoms with E-state index in [1.54, 1.807) is 6.92 Å². The maximum atomic E-state index is 12.0. The van der Waals surface area contributed by atoms with Crippen LogP contribution in [-0.4, -0.2) is 43.2 Å². The van der Waals surface area contributed by atoms with Crippen molar-refractivity contribution in [2.45, 2.75) is 13.3 Å². The summed E-state index contributed by atoms with van der Waals surface area (Å²) in [6, 6.07) is 3.76. The van der Waals surface area contributed by atoms with Gasteiger partial charge < -0.3 is 20.5 Å². The third-order valence-electron chi connectivity index (χ3n) is 2.73. The van der Waals surface area contributed by atoms with Crippen LogP contribution in [0.4, 0.5) is 11.4 Å². The molecule has 0 radical (unpaired) electrons. The number of non-ortho nitro benzene ring substituents is 1. The number of nitro groups is 1. The van der Waals surface area contributed by atoms with Crippen molar-refractivity contribution in [2.75, 3.05) is 31.6 Å². The van der Waals surface area contributed by atoms with E-state index in [2.05, 4.69) is 5.32 Å². The predicted octanol–water partition coefficient (Wildman–Crippen LogP) is 1.08. The number of esters is 2. The first kappa shape index (κ1) is 18.4. The lowest BCUT2D eigenvalue weighted by Crippen LogP contribution is -2.17. The van der Waals surface area contributed by atoms with E-state index in [1.807, 2.05) is 0 Å². The van der Waals surface area contributed by atoms with E-state index in [-0.39, 0.29) is 49.9 Å². The van der Waals surface area contributed by atoms with Gasteiger partial charge in [-0.3, -0.25) is 14.9 Å². The number of ether oxygens (including phenoxy) is 2. The van der Waals surface area contributed by atoms with Crippen LogP contribution in [0, 0.1) is 10.1 Å². The van der Waals surface area contributed by atoms with Gasteiger partial charge in [0.05, 0.1) is 23.5 Å². The SMILES string of the molecule is CCOC(=O)CCNc1ccc([N+](=O)[O-])cc1C(=O)OCCN. The number of rotatable bonds is 9. The van der Waals surface area contributed by atoms with E-state index in [4.69, 9.17) is 15.2 Å². The molecule has 0 amide bonds. The summed E-state index contributed by atoms with van der Waals surface area (Å²) in [4.78, 5) is 33.5. The Labute approximate surface area is 132 Å². The van der Waals surface area contributed by atoms with Crippen molar-refractivity contribution in [3.63, 3.8) is 0 Å². The number of hydrogen-bond acceptors (Lipinski definition) is 8. The van der Waals surface area contributed by atoms with Gasteiger partial charge in [0.1, 0.15) is 6.61 Å². The van der Waals surface area contributed by atoms with Crippen molar-refractivity contribution in [1.29, 1.82) is 0 Å². The van der Waals surface area contributed by atoms with Crippen LogP contribution >= 0.6 is 0 Å². The summed E-state index contributed by atoms with van der Waals surface area (Å²) in [6.07, 6.45) is 0.0993. The Morgan fingerprint density at radius 2 is 2.09 bits per heavy atom. The molecule has 0 aromatic heterocycles. The second-order valence-electron chi connectivity index (χ2n) is 4.39. The van der Waals surface area contributed by atoms with Crippen molar-refractivity contribution in [3.05, 3.63) is 33.9 Å². The molecular formula is C14H19N3O6. The van der Waals surface area contributed by atoms with Gasteiger partial charge in [0.15, 0.2) is 0 Å². The summed E-state index contributed by atoms with van der Waals surface area (Å²) >= 11 is 0. The maximum absolute atomic E-state index is 12.0. The van der Waals surface area contributed by atoms with Gasteiger partial charge in [-0.25, -0.2) is 4.79 Å². The fourth-order valence-electron chi connectivity index (χ4n) is 1.73. The molecule has 1 rings (SSSR count). The Balaban J connectivity index is 2.85. The third kappa shape index (κ3) is 5.91. The lowest BCUT2D eigenvalue weighted by atomic mass is 10.1. The first-order valence-electron chi connectivity index (χ1n) is 7.04. The van der Waals surface area contributed by atoms with E-state index in [9.17, 15) is 19.7 Å². The molecule has 0 aliphatic rings. The molecule has 0 aliphatic carbocycles. The van der Waals surface area contributed by atoms with Crippen LogP contribution in [0.5, 0.6) is 0 Å². The molecular weight excluding hydrogens is 306 g/mol. The molecule has 0 aliphatic heterocycles. The van der Waals surface area contributed by atoms with Gasteiger partial charge in [0.2, 0.25) is 0 Å². The minimum atomic E-state index is -0.724. The zero-order valence-corrected chi connectivity index (χ0v) is 12.7. The van der Waals surface area contributed by atoms with Crippen LogP contribution in [0.3, 0.4) is 0 Å². The van der Waals surface area contributed by atoms with E-state index in [0.717, 1.165) is 6.07 Å². The highest BCUT2D eigenvalue weighted by Gasteiger charge is 2.18. The Kier molecular flexibility index (Phi) is 7.48. The zero-order valence-electron chi connectivity index (χ0n) is 12.7. The molecule has 1 aromatic carbocycles. The maximum Gasteiger partial charge on any atom is 0.340 e. The predicted molar refractivity (Wildman–Crippen MR) is 82.2 cm³/mol. The number of carbonyl (C=O) groups is 2. The molecule has 23 heavy (non-hydrogen) atoms. The van der Waals surface area contributed by atoms with E-state index in [0.29, 0.717) is 5.69 Å². The fraction of sp³-hybridized carbons (Fsp3) is 0.429. The van der Waals surface area contributed by atoms with Gasteiger partial charge in [0, 0.05) is 30.9 Å². The number of nitrogens with zero attached hydrogens (tertiary/aromatic N) is 1. The summed E-state index contributed by atoms with van der Waals surface area (Å²) in [5.74, 6) is -1.10. The minimum Gasteiger partial charge on any atom is -0.466 e. The average molecular weight is 325 g/mol. The highest BCUT2D eigenvalue weighted by Crippen LogP contribution is 2.23. The normalized spacial score (nSPS) is 10.0. The number of benzene rings is 1. The summed E-state index contributed by atoms with van der Waals surface area (Å²) in [7, 11) is 0. The first-order valence-corrected chi connectivity index (χ1v) is 7.04. The molecule has 0 saturated heterocycles. The molecule has 0 saturated carbocycles. The van der Waals surface area contributed by atoms with Gasteiger partial charge in [-0.1, -0.05) is 0 Å². The standard InChI is InChI=1S/C14H19N3O6/c1-2-22-13(18)5-7-16-12-4-3-10(17(20)21)9-11(12)14(19)23-8-6-15/h3-4,9,16H,2,5-8,15H2,1H3. The van der Waals surface area contributed by atoms with Crippen LogP contribution in [-0.2, 0) is 14.3 Å².